The van der Waals surface area contributed by atoms with E-state index in [0.29, 0.717) is 0 Å². The Hall–Kier alpha value is -1.42. The molecule has 0 unspecified atom stereocenters. The Kier molecular flexibility index (Phi) is 5.63. The summed E-state index contributed by atoms with van der Waals surface area (Å²) in [6.45, 7) is 10.4. The molecular weight excluding hydrogens is 212 g/mol. The van der Waals surface area contributed by atoms with Crippen molar-refractivity contribution in [1.29, 1.82) is 0 Å². The zero-order valence-electron chi connectivity index (χ0n) is 11.0. The molecule has 0 fully saturated rings. The molecule has 1 aromatic rings. The van der Waals surface area contributed by atoms with Gasteiger partial charge in [-0.3, -0.25) is 0 Å². The predicted octanol–water partition coefficient (Wildman–Crippen LogP) is 1.91. The first-order valence-corrected chi connectivity index (χ1v) is 6.04. The molecule has 0 bridgehead atoms. The molecule has 0 aliphatic carbocycles. The van der Waals surface area contributed by atoms with Crippen LogP contribution in [0.5, 0.6) is 0 Å². The molecular formula is C13H22N4. The van der Waals surface area contributed by atoms with E-state index in [0.717, 1.165) is 43.4 Å². The van der Waals surface area contributed by atoms with Crippen molar-refractivity contribution in [3.8, 4) is 0 Å². The highest BCUT2D eigenvalue weighted by Gasteiger charge is 2.05. The number of nitrogens with one attached hydrogen (secondary N) is 1. The van der Waals surface area contributed by atoms with Crippen LogP contribution in [0.25, 0.3) is 0 Å². The summed E-state index contributed by atoms with van der Waals surface area (Å²) in [5.41, 5.74) is 2.04. The van der Waals surface area contributed by atoms with Gasteiger partial charge in [0.25, 0.3) is 0 Å². The van der Waals surface area contributed by atoms with Crippen LogP contribution in [-0.4, -0.2) is 30.1 Å². The molecule has 0 saturated carbocycles. The van der Waals surface area contributed by atoms with Gasteiger partial charge in [0.2, 0.25) is 5.95 Å². The van der Waals surface area contributed by atoms with E-state index in [1.807, 2.05) is 31.0 Å². The molecule has 4 heteroatoms. The topological polar surface area (TPSA) is 41.1 Å². The summed E-state index contributed by atoms with van der Waals surface area (Å²) >= 11 is 0. The van der Waals surface area contributed by atoms with E-state index in [2.05, 4.69) is 28.8 Å². The molecule has 0 aromatic carbocycles. The number of likely N-dealkylation sites (N-methyl/N-ethyl adjacent to an activating group) is 1. The Bertz CT molecular complexity index is 362. The van der Waals surface area contributed by atoms with E-state index in [4.69, 9.17) is 0 Å². The van der Waals surface area contributed by atoms with Gasteiger partial charge in [-0.2, -0.15) is 0 Å². The Morgan fingerprint density at radius 2 is 2.24 bits per heavy atom. The van der Waals surface area contributed by atoms with E-state index in [9.17, 15) is 0 Å². The number of hydrogen-bond acceptors (Lipinski definition) is 4. The summed E-state index contributed by atoms with van der Waals surface area (Å²) in [4.78, 5) is 10.9. The van der Waals surface area contributed by atoms with Crippen LogP contribution in [0.4, 0.5) is 5.95 Å². The largest absolute Gasteiger partial charge is 0.340 e. The van der Waals surface area contributed by atoms with Crippen molar-refractivity contribution in [2.45, 2.75) is 26.8 Å². The second-order valence-corrected chi connectivity index (χ2v) is 4.15. The maximum Gasteiger partial charge on any atom is 0.225 e. The van der Waals surface area contributed by atoms with E-state index in [1.54, 1.807) is 0 Å². The minimum atomic E-state index is 0.755. The lowest BCUT2D eigenvalue weighted by molar-refractivity contribution is 0.661. The highest BCUT2D eigenvalue weighted by Crippen LogP contribution is 2.08. The van der Waals surface area contributed by atoms with Crippen LogP contribution in [0.1, 0.15) is 24.7 Å². The Balaban J connectivity index is 2.75. The lowest BCUT2D eigenvalue weighted by atomic mass is 10.3. The number of rotatable bonds is 7. The Labute approximate surface area is 104 Å². The van der Waals surface area contributed by atoms with Crippen LogP contribution in [0.3, 0.4) is 0 Å². The highest BCUT2D eigenvalue weighted by molar-refractivity contribution is 5.32. The predicted molar refractivity (Wildman–Crippen MR) is 72.2 cm³/mol. The molecule has 0 radical (unpaired) electrons. The zero-order chi connectivity index (χ0) is 12.7. The molecule has 94 valence electrons. The molecule has 1 rings (SSSR count). The first-order valence-electron chi connectivity index (χ1n) is 6.04. The summed E-state index contributed by atoms with van der Waals surface area (Å²) in [5.74, 6) is 0.762. The van der Waals surface area contributed by atoms with Crippen molar-refractivity contribution in [3.63, 3.8) is 0 Å². The van der Waals surface area contributed by atoms with Crippen LogP contribution < -0.4 is 10.2 Å². The van der Waals surface area contributed by atoms with Gasteiger partial charge in [0, 0.05) is 25.8 Å². The molecule has 0 atom stereocenters. The molecule has 17 heavy (non-hydrogen) atoms. The fourth-order valence-electron chi connectivity index (χ4n) is 1.55. The van der Waals surface area contributed by atoms with Gasteiger partial charge < -0.3 is 10.2 Å². The average molecular weight is 234 g/mol. The molecule has 4 nitrogen and oxygen atoms in total. The average Bonchev–Trinajstić information content (AvgIpc) is 2.29. The monoisotopic (exact) mass is 234 g/mol. The summed E-state index contributed by atoms with van der Waals surface area (Å²) in [5, 5.41) is 3.35. The highest BCUT2D eigenvalue weighted by atomic mass is 15.2. The van der Waals surface area contributed by atoms with Crippen molar-refractivity contribution >= 4 is 5.95 Å². The molecule has 0 amide bonds. The van der Waals surface area contributed by atoms with Crippen LogP contribution in [0, 0.1) is 6.92 Å². The second-order valence-electron chi connectivity index (χ2n) is 4.15. The van der Waals surface area contributed by atoms with Crippen molar-refractivity contribution in [3.05, 3.63) is 30.1 Å². The number of nitrogens with zero attached hydrogens (tertiary/aromatic N) is 3. The van der Waals surface area contributed by atoms with Gasteiger partial charge in [0.05, 0.1) is 5.69 Å². The zero-order valence-corrected chi connectivity index (χ0v) is 11.0. The first-order chi connectivity index (χ1) is 8.17. The molecule has 1 N–H and O–H groups in total. The molecule has 0 saturated heterocycles. The molecule has 0 spiro atoms. The van der Waals surface area contributed by atoms with Gasteiger partial charge in [-0.15, -0.1) is 6.58 Å². The third-order valence-corrected chi connectivity index (χ3v) is 2.37. The summed E-state index contributed by atoms with van der Waals surface area (Å²) in [7, 11) is 1.97. The van der Waals surface area contributed by atoms with E-state index in [1.165, 1.54) is 0 Å². The van der Waals surface area contributed by atoms with E-state index >= 15 is 0 Å². The Morgan fingerprint density at radius 1 is 1.47 bits per heavy atom. The third-order valence-electron chi connectivity index (χ3n) is 2.37. The fourth-order valence-corrected chi connectivity index (χ4v) is 1.55. The molecule has 1 aromatic heterocycles. The van der Waals surface area contributed by atoms with Crippen LogP contribution in [-0.2, 0) is 6.54 Å². The van der Waals surface area contributed by atoms with Crippen molar-refractivity contribution in [1.82, 2.24) is 15.3 Å². The minimum Gasteiger partial charge on any atom is -0.340 e. The molecule has 0 aliphatic rings. The van der Waals surface area contributed by atoms with Gasteiger partial charge >= 0.3 is 0 Å². The van der Waals surface area contributed by atoms with Gasteiger partial charge in [-0.1, -0.05) is 13.0 Å². The van der Waals surface area contributed by atoms with Gasteiger partial charge in [0.1, 0.15) is 0 Å². The van der Waals surface area contributed by atoms with Crippen LogP contribution in [0.2, 0.25) is 0 Å². The molecule has 0 aliphatic heterocycles. The minimum absolute atomic E-state index is 0.755. The Morgan fingerprint density at radius 3 is 2.88 bits per heavy atom. The van der Waals surface area contributed by atoms with Gasteiger partial charge in [-0.25, -0.2) is 9.97 Å². The van der Waals surface area contributed by atoms with Crippen molar-refractivity contribution in [2.75, 3.05) is 25.0 Å². The number of aromatic nitrogens is 2. The van der Waals surface area contributed by atoms with E-state index in [-0.39, 0.29) is 0 Å². The van der Waals surface area contributed by atoms with Crippen LogP contribution in [0.15, 0.2) is 18.7 Å². The van der Waals surface area contributed by atoms with Gasteiger partial charge in [-0.05, 0) is 26.0 Å². The smallest absolute Gasteiger partial charge is 0.225 e. The third kappa shape index (κ3) is 4.53. The van der Waals surface area contributed by atoms with Gasteiger partial charge in [0.15, 0.2) is 0 Å². The van der Waals surface area contributed by atoms with Crippen LogP contribution >= 0.6 is 0 Å². The number of aryl methyl sites for hydroxylation is 1. The van der Waals surface area contributed by atoms with Crippen molar-refractivity contribution < 1.29 is 0 Å². The second kappa shape index (κ2) is 7.01. The lowest BCUT2D eigenvalue weighted by Gasteiger charge is -2.16. The molecule has 1 heterocycles. The van der Waals surface area contributed by atoms with E-state index < -0.39 is 0 Å². The number of hydrogen-bond donors (Lipinski definition) is 1. The summed E-state index contributed by atoms with van der Waals surface area (Å²) < 4.78 is 0. The number of anilines is 1. The first kappa shape index (κ1) is 13.6. The quantitative estimate of drug-likeness (QED) is 0.578. The maximum atomic E-state index is 4.53. The maximum absolute atomic E-state index is 4.53. The summed E-state index contributed by atoms with van der Waals surface area (Å²) in [6.07, 6.45) is 2.98. The fraction of sp³-hybridized carbons (Fsp3) is 0.538. The van der Waals surface area contributed by atoms with Crippen molar-refractivity contribution in [2.24, 2.45) is 0 Å². The standard InChI is InChI=1S/C13H22N4/c1-5-7-14-10-12-9-11(3)15-13(16-12)17(4)8-6-2/h6,9,14H,2,5,7-8,10H2,1,3-4H3. The summed E-state index contributed by atoms with van der Waals surface area (Å²) in [6, 6.07) is 2.02. The lowest BCUT2D eigenvalue weighted by Crippen LogP contribution is -2.22. The normalized spacial score (nSPS) is 10.3. The SMILES string of the molecule is C=CCN(C)c1nc(C)cc(CNCCC)n1.